The maximum Gasteiger partial charge on any atom is 0.269 e. The van der Waals surface area contributed by atoms with Gasteiger partial charge in [-0.05, 0) is 43.2 Å². The first kappa shape index (κ1) is 20.7. The van der Waals surface area contributed by atoms with Crippen LogP contribution in [0.5, 0.6) is 0 Å². The smallest absolute Gasteiger partial charge is 0.269 e. The highest BCUT2D eigenvalue weighted by Crippen LogP contribution is 2.20. The minimum absolute atomic E-state index is 0.167. The van der Waals surface area contributed by atoms with E-state index >= 15 is 0 Å². The molecule has 1 aliphatic heterocycles. The maximum absolute atomic E-state index is 13.2. The van der Waals surface area contributed by atoms with Crippen molar-refractivity contribution in [2.45, 2.75) is 19.4 Å². The van der Waals surface area contributed by atoms with Crippen LogP contribution in [0, 0.1) is 5.82 Å². The SMILES string of the molecule is CN(C)c1nc(CNC(=O)c2cc(-c3ccc(F)cc3)nn2C)nc(N2CCCC2)n1. The number of nitrogens with one attached hydrogen (secondary N) is 1. The molecule has 1 saturated heterocycles. The number of carbonyl (C=O) groups excluding carboxylic acids is 1. The molecule has 1 fully saturated rings. The summed E-state index contributed by atoms with van der Waals surface area (Å²) in [6, 6.07) is 7.67. The van der Waals surface area contributed by atoms with Gasteiger partial charge in [0, 0.05) is 39.8 Å². The second kappa shape index (κ2) is 8.66. The van der Waals surface area contributed by atoms with Crippen LogP contribution >= 0.6 is 0 Å². The average Bonchev–Trinajstić information content (AvgIpc) is 3.42. The minimum Gasteiger partial charge on any atom is -0.347 e. The van der Waals surface area contributed by atoms with Crippen LogP contribution in [0.4, 0.5) is 16.3 Å². The van der Waals surface area contributed by atoms with Crippen molar-refractivity contribution in [2.24, 2.45) is 7.05 Å². The Morgan fingerprint density at radius 1 is 1.13 bits per heavy atom. The highest BCUT2D eigenvalue weighted by atomic mass is 19.1. The van der Waals surface area contributed by atoms with E-state index in [2.05, 4.69) is 30.3 Å². The first-order valence-corrected chi connectivity index (χ1v) is 10.2. The summed E-state index contributed by atoms with van der Waals surface area (Å²) in [5.74, 6) is 1.08. The predicted molar refractivity (Wildman–Crippen MR) is 115 cm³/mol. The summed E-state index contributed by atoms with van der Waals surface area (Å²) < 4.78 is 14.7. The van der Waals surface area contributed by atoms with E-state index in [-0.39, 0.29) is 18.3 Å². The minimum atomic E-state index is -0.319. The molecule has 2 aromatic heterocycles. The van der Waals surface area contributed by atoms with Crippen molar-refractivity contribution >= 4 is 17.8 Å². The largest absolute Gasteiger partial charge is 0.347 e. The van der Waals surface area contributed by atoms with Gasteiger partial charge in [0.15, 0.2) is 5.82 Å². The molecule has 0 bridgehead atoms. The number of carbonyl (C=O) groups is 1. The maximum atomic E-state index is 13.2. The van der Waals surface area contributed by atoms with Crippen molar-refractivity contribution in [2.75, 3.05) is 37.0 Å². The summed E-state index contributed by atoms with van der Waals surface area (Å²) in [5, 5.41) is 7.23. The van der Waals surface area contributed by atoms with E-state index in [0.29, 0.717) is 29.1 Å². The fourth-order valence-electron chi connectivity index (χ4n) is 3.42. The Labute approximate surface area is 179 Å². The Hall–Kier alpha value is -3.56. The second-order valence-electron chi connectivity index (χ2n) is 7.67. The molecule has 9 nitrogen and oxygen atoms in total. The summed E-state index contributed by atoms with van der Waals surface area (Å²) in [6.07, 6.45) is 2.23. The molecule has 162 valence electrons. The van der Waals surface area contributed by atoms with Crippen molar-refractivity contribution in [3.8, 4) is 11.3 Å². The van der Waals surface area contributed by atoms with E-state index in [1.807, 2.05) is 19.0 Å². The number of nitrogens with zero attached hydrogens (tertiary/aromatic N) is 7. The number of hydrogen-bond donors (Lipinski definition) is 1. The van der Waals surface area contributed by atoms with Crippen molar-refractivity contribution < 1.29 is 9.18 Å². The summed E-state index contributed by atoms with van der Waals surface area (Å²) in [5.41, 5.74) is 1.72. The second-order valence-corrected chi connectivity index (χ2v) is 7.67. The molecule has 0 spiro atoms. The third-order valence-electron chi connectivity index (χ3n) is 5.11. The molecular formula is C21H25FN8O. The monoisotopic (exact) mass is 424 g/mol. The lowest BCUT2D eigenvalue weighted by atomic mass is 10.1. The molecule has 10 heteroatoms. The van der Waals surface area contributed by atoms with E-state index in [1.165, 1.54) is 16.8 Å². The van der Waals surface area contributed by atoms with Crippen molar-refractivity contribution in [1.82, 2.24) is 30.0 Å². The number of anilines is 2. The lowest BCUT2D eigenvalue weighted by Crippen LogP contribution is -2.28. The van der Waals surface area contributed by atoms with Crippen LogP contribution in [0.2, 0.25) is 0 Å². The van der Waals surface area contributed by atoms with E-state index in [9.17, 15) is 9.18 Å². The molecule has 31 heavy (non-hydrogen) atoms. The molecular weight excluding hydrogens is 399 g/mol. The van der Waals surface area contributed by atoms with Gasteiger partial charge in [0.25, 0.3) is 5.91 Å². The Kier molecular flexibility index (Phi) is 5.79. The molecule has 1 amide bonds. The Balaban J connectivity index is 1.50. The van der Waals surface area contributed by atoms with Gasteiger partial charge in [0.05, 0.1) is 12.2 Å². The zero-order valence-corrected chi connectivity index (χ0v) is 17.8. The Bertz CT molecular complexity index is 1070. The molecule has 1 N–H and O–H groups in total. The van der Waals surface area contributed by atoms with Crippen molar-refractivity contribution in [3.63, 3.8) is 0 Å². The van der Waals surface area contributed by atoms with Crippen molar-refractivity contribution in [1.29, 1.82) is 0 Å². The number of aromatic nitrogens is 5. The summed E-state index contributed by atoms with van der Waals surface area (Å²) >= 11 is 0. The predicted octanol–water partition coefficient (Wildman–Crippen LogP) is 2.01. The highest BCUT2D eigenvalue weighted by Gasteiger charge is 2.19. The van der Waals surface area contributed by atoms with Crippen LogP contribution in [0.15, 0.2) is 30.3 Å². The fourth-order valence-corrected chi connectivity index (χ4v) is 3.42. The topological polar surface area (TPSA) is 92.1 Å². The van der Waals surface area contributed by atoms with Gasteiger partial charge in [0.1, 0.15) is 11.5 Å². The number of rotatable bonds is 6. The van der Waals surface area contributed by atoms with Crippen LogP contribution in [0.3, 0.4) is 0 Å². The van der Waals surface area contributed by atoms with E-state index < -0.39 is 0 Å². The fraction of sp³-hybridized carbons (Fsp3) is 0.381. The van der Waals surface area contributed by atoms with Gasteiger partial charge in [-0.15, -0.1) is 0 Å². The third kappa shape index (κ3) is 4.62. The number of amides is 1. The molecule has 1 aromatic carbocycles. The Morgan fingerprint density at radius 2 is 1.84 bits per heavy atom. The number of aryl methyl sites for hydroxylation is 1. The normalized spacial score (nSPS) is 13.5. The van der Waals surface area contributed by atoms with E-state index in [4.69, 9.17) is 0 Å². The van der Waals surface area contributed by atoms with E-state index in [1.54, 1.807) is 25.2 Å². The van der Waals surface area contributed by atoms with Crippen LogP contribution in [0.1, 0.15) is 29.2 Å². The summed E-state index contributed by atoms with van der Waals surface area (Å²) in [4.78, 5) is 30.3. The van der Waals surface area contributed by atoms with Crippen molar-refractivity contribution in [3.05, 3.63) is 47.7 Å². The molecule has 1 aliphatic rings. The molecule has 0 radical (unpaired) electrons. The zero-order chi connectivity index (χ0) is 22.0. The molecule has 3 heterocycles. The molecule has 0 unspecified atom stereocenters. The van der Waals surface area contributed by atoms with Gasteiger partial charge in [0.2, 0.25) is 11.9 Å². The van der Waals surface area contributed by atoms with Gasteiger partial charge in [-0.25, -0.2) is 4.39 Å². The average molecular weight is 424 g/mol. The molecule has 0 atom stereocenters. The molecule has 0 aliphatic carbocycles. The van der Waals surface area contributed by atoms with Gasteiger partial charge in [-0.2, -0.15) is 20.1 Å². The zero-order valence-electron chi connectivity index (χ0n) is 17.8. The molecule has 3 aromatic rings. The summed E-state index contributed by atoms with van der Waals surface area (Å²) in [7, 11) is 5.44. The third-order valence-corrected chi connectivity index (χ3v) is 5.11. The first-order chi connectivity index (χ1) is 14.9. The van der Waals surface area contributed by atoms with E-state index in [0.717, 1.165) is 31.5 Å². The van der Waals surface area contributed by atoms with Gasteiger partial charge >= 0.3 is 0 Å². The first-order valence-electron chi connectivity index (χ1n) is 10.2. The van der Waals surface area contributed by atoms with Crippen LogP contribution in [0.25, 0.3) is 11.3 Å². The highest BCUT2D eigenvalue weighted by molar-refractivity contribution is 5.93. The molecule has 0 saturated carbocycles. The standard InChI is InChI=1S/C21H25FN8O/c1-28(2)20-24-18(25-21(26-20)30-10-4-5-11-30)13-23-19(31)17-12-16(27-29(17)3)14-6-8-15(22)9-7-14/h6-9,12H,4-5,10-11,13H2,1-3H3,(H,23,31). The van der Waals surface area contributed by atoms with Gasteiger partial charge in [-0.1, -0.05) is 0 Å². The Morgan fingerprint density at radius 3 is 2.52 bits per heavy atom. The summed E-state index contributed by atoms with van der Waals surface area (Å²) in [6.45, 7) is 2.01. The quantitative estimate of drug-likeness (QED) is 0.647. The molecule has 4 rings (SSSR count). The van der Waals surface area contributed by atoms with Gasteiger partial charge in [-0.3, -0.25) is 9.48 Å². The number of halogens is 1. The van der Waals surface area contributed by atoms with Crippen LogP contribution < -0.4 is 15.1 Å². The van der Waals surface area contributed by atoms with Gasteiger partial charge < -0.3 is 15.1 Å². The van der Waals surface area contributed by atoms with Crippen LogP contribution in [-0.4, -0.2) is 57.8 Å². The number of hydrogen-bond acceptors (Lipinski definition) is 7. The lowest BCUT2D eigenvalue weighted by Gasteiger charge is -2.18. The lowest BCUT2D eigenvalue weighted by molar-refractivity contribution is 0.0940. The van der Waals surface area contributed by atoms with Crippen LogP contribution in [-0.2, 0) is 13.6 Å². The number of benzene rings is 1.